The van der Waals surface area contributed by atoms with Gasteiger partial charge in [-0.25, -0.2) is 19.6 Å². The summed E-state index contributed by atoms with van der Waals surface area (Å²) in [5, 5.41) is 9.14. The number of anilines is 2. The number of halogens is 4. The third-order valence-corrected chi connectivity index (χ3v) is 2.64. The van der Waals surface area contributed by atoms with Crippen LogP contribution in [0.15, 0.2) is 6.07 Å². The predicted octanol–water partition coefficient (Wildman–Crippen LogP) is 1.74. The average molecular weight is 301 g/mol. The first-order valence-electron chi connectivity index (χ1n) is 4.96. The van der Waals surface area contributed by atoms with Gasteiger partial charge in [0.1, 0.15) is 5.82 Å². The zero-order chi connectivity index (χ0) is 13.7. The topological polar surface area (TPSA) is 74.4 Å². The fourth-order valence-corrected chi connectivity index (χ4v) is 1.88. The SMILES string of the molecule is NNc1nc(N(CCO)CC(F)F)c(Cl)cc1Cl. The van der Waals surface area contributed by atoms with Gasteiger partial charge in [0.2, 0.25) is 0 Å². The predicted molar refractivity (Wildman–Crippen MR) is 67.4 cm³/mol. The fourth-order valence-electron chi connectivity index (χ4n) is 1.35. The number of nitrogens with two attached hydrogens (primary N) is 1. The molecule has 0 bridgehead atoms. The Labute approximate surface area is 112 Å². The number of aliphatic hydroxyl groups is 1. The molecule has 0 atom stereocenters. The smallest absolute Gasteiger partial charge is 0.255 e. The van der Waals surface area contributed by atoms with Crippen molar-refractivity contribution >= 4 is 34.8 Å². The Bertz CT molecular complexity index is 408. The molecule has 5 nitrogen and oxygen atoms in total. The third-order valence-electron chi connectivity index (χ3n) is 2.08. The zero-order valence-electron chi connectivity index (χ0n) is 9.21. The number of alkyl halides is 2. The minimum Gasteiger partial charge on any atom is -0.395 e. The molecule has 0 aliphatic heterocycles. The monoisotopic (exact) mass is 300 g/mol. The molecule has 4 N–H and O–H groups in total. The Hall–Kier alpha value is -0.890. The highest BCUT2D eigenvalue weighted by molar-refractivity contribution is 6.37. The summed E-state index contributed by atoms with van der Waals surface area (Å²) in [6.07, 6.45) is -2.58. The van der Waals surface area contributed by atoms with Crippen LogP contribution in [-0.4, -0.2) is 36.2 Å². The minimum atomic E-state index is -2.58. The molecule has 18 heavy (non-hydrogen) atoms. The summed E-state index contributed by atoms with van der Waals surface area (Å²) in [5.74, 6) is 5.39. The summed E-state index contributed by atoms with van der Waals surface area (Å²) in [7, 11) is 0. The second kappa shape index (κ2) is 6.89. The van der Waals surface area contributed by atoms with Gasteiger partial charge < -0.3 is 15.4 Å². The Morgan fingerprint density at radius 2 is 2.11 bits per heavy atom. The highest BCUT2D eigenvalue weighted by atomic mass is 35.5. The lowest BCUT2D eigenvalue weighted by Gasteiger charge is -2.24. The Morgan fingerprint density at radius 3 is 2.61 bits per heavy atom. The van der Waals surface area contributed by atoms with Crippen LogP contribution in [0.4, 0.5) is 20.4 Å². The molecule has 9 heteroatoms. The van der Waals surface area contributed by atoms with Gasteiger partial charge in [0, 0.05) is 6.54 Å². The first-order valence-corrected chi connectivity index (χ1v) is 5.71. The van der Waals surface area contributed by atoms with Crippen LogP contribution in [-0.2, 0) is 0 Å². The quantitative estimate of drug-likeness (QED) is 0.551. The molecule has 102 valence electrons. The van der Waals surface area contributed by atoms with Crippen LogP contribution >= 0.6 is 23.2 Å². The molecule has 0 spiro atoms. The molecule has 1 aromatic heterocycles. The van der Waals surface area contributed by atoms with E-state index in [9.17, 15) is 8.78 Å². The van der Waals surface area contributed by atoms with Gasteiger partial charge in [0.05, 0.1) is 23.2 Å². The average Bonchev–Trinajstić information content (AvgIpc) is 2.28. The lowest BCUT2D eigenvalue weighted by atomic mass is 10.3. The van der Waals surface area contributed by atoms with Gasteiger partial charge in [-0.2, -0.15) is 0 Å². The van der Waals surface area contributed by atoms with E-state index >= 15 is 0 Å². The van der Waals surface area contributed by atoms with Crippen molar-refractivity contribution in [2.24, 2.45) is 5.84 Å². The maximum atomic E-state index is 12.4. The number of nitrogens with zero attached hydrogens (tertiary/aromatic N) is 2. The molecule has 0 radical (unpaired) electrons. The molecule has 0 saturated carbocycles. The highest BCUT2D eigenvalue weighted by Crippen LogP contribution is 2.31. The number of nitrogens with one attached hydrogen (secondary N) is 1. The van der Waals surface area contributed by atoms with E-state index in [2.05, 4.69) is 10.4 Å². The highest BCUT2D eigenvalue weighted by Gasteiger charge is 2.18. The Morgan fingerprint density at radius 1 is 1.44 bits per heavy atom. The van der Waals surface area contributed by atoms with Gasteiger partial charge in [0.15, 0.2) is 5.82 Å². The first-order chi connectivity index (χ1) is 8.49. The van der Waals surface area contributed by atoms with Crippen molar-refractivity contribution in [3.63, 3.8) is 0 Å². The van der Waals surface area contributed by atoms with E-state index in [0.717, 1.165) is 4.90 Å². The molecule has 1 heterocycles. The fraction of sp³-hybridized carbons (Fsp3) is 0.444. The summed E-state index contributed by atoms with van der Waals surface area (Å²) in [6, 6.07) is 1.34. The van der Waals surface area contributed by atoms with Crippen LogP contribution in [0.1, 0.15) is 0 Å². The van der Waals surface area contributed by atoms with E-state index in [-0.39, 0.29) is 34.8 Å². The summed E-state index contributed by atoms with van der Waals surface area (Å²) >= 11 is 11.7. The van der Waals surface area contributed by atoms with E-state index < -0.39 is 13.0 Å². The van der Waals surface area contributed by atoms with Crippen LogP contribution in [0, 0.1) is 0 Å². The van der Waals surface area contributed by atoms with Gasteiger partial charge in [0.25, 0.3) is 6.43 Å². The molecule has 0 saturated heterocycles. The number of hydrogen-bond donors (Lipinski definition) is 3. The van der Waals surface area contributed by atoms with Crippen molar-refractivity contribution in [2.45, 2.75) is 6.43 Å². The normalized spacial score (nSPS) is 10.8. The van der Waals surface area contributed by atoms with Gasteiger partial charge >= 0.3 is 0 Å². The molecule has 0 amide bonds. The summed E-state index contributed by atoms with van der Waals surface area (Å²) in [6.45, 7) is -0.930. The Balaban J connectivity index is 3.10. The van der Waals surface area contributed by atoms with Crippen molar-refractivity contribution in [2.75, 3.05) is 30.0 Å². The van der Waals surface area contributed by atoms with Gasteiger partial charge in [-0.05, 0) is 6.07 Å². The second-order valence-electron chi connectivity index (χ2n) is 3.33. The second-order valence-corrected chi connectivity index (χ2v) is 4.14. The molecular formula is C9H12Cl2F2N4O. The van der Waals surface area contributed by atoms with E-state index in [1.165, 1.54) is 6.07 Å². The molecule has 1 rings (SSSR count). The molecule has 0 unspecified atom stereocenters. The van der Waals surface area contributed by atoms with Gasteiger partial charge in [-0.15, -0.1) is 0 Å². The summed E-state index contributed by atoms with van der Waals surface area (Å²) < 4.78 is 24.9. The van der Waals surface area contributed by atoms with Crippen molar-refractivity contribution in [3.8, 4) is 0 Å². The molecule has 0 aromatic carbocycles. The summed E-state index contributed by atoms with van der Waals surface area (Å²) in [5.41, 5.74) is 2.23. The number of nitrogen functional groups attached to an aromatic ring is 1. The standard InChI is InChI=1S/C9H12Cl2F2N4O/c10-5-3-6(11)9(15-8(5)16-14)17(1-2-18)4-7(12)13/h3,7,18H,1-2,4,14H2,(H,15,16). The Kier molecular flexibility index (Phi) is 5.80. The first kappa shape index (κ1) is 15.2. The molecule has 0 aliphatic rings. The van der Waals surface area contributed by atoms with Gasteiger partial charge in [-0.3, -0.25) is 0 Å². The number of aromatic nitrogens is 1. The zero-order valence-corrected chi connectivity index (χ0v) is 10.7. The van der Waals surface area contributed by atoms with Crippen molar-refractivity contribution < 1.29 is 13.9 Å². The molecule has 0 fully saturated rings. The largest absolute Gasteiger partial charge is 0.395 e. The number of rotatable bonds is 6. The number of pyridine rings is 1. The maximum Gasteiger partial charge on any atom is 0.255 e. The third kappa shape index (κ3) is 3.81. The lowest BCUT2D eigenvalue weighted by Crippen LogP contribution is -2.32. The van der Waals surface area contributed by atoms with Crippen molar-refractivity contribution in [1.82, 2.24) is 4.98 Å². The van der Waals surface area contributed by atoms with Crippen LogP contribution in [0.5, 0.6) is 0 Å². The van der Waals surface area contributed by atoms with Crippen molar-refractivity contribution in [1.29, 1.82) is 0 Å². The van der Waals surface area contributed by atoms with E-state index in [1.807, 2.05) is 0 Å². The molecular weight excluding hydrogens is 289 g/mol. The number of aliphatic hydroxyl groups excluding tert-OH is 1. The number of hydrazine groups is 1. The lowest BCUT2D eigenvalue weighted by molar-refractivity contribution is 0.152. The summed E-state index contributed by atoms with van der Waals surface area (Å²) in [4.78, 5) is 5.10. The minimum absolute atomic E-state index is 0.0251. The van der Waals surface area contributed by atoms with Crippen molar-refractivity contribution in [3.05, 3.63) is 16.1 Å². The van der Waals surface area contributed by atoms with Crippen LogP contribution in [0.3, 0.4) is 0 Å². The maximum absolute atomic E-state index is 12.4. The number of hydrogen-bond acceptors (Lipinski definition) is 5. The molecule has 1 aromatic rings. The van der Waals surface area contributed by atoms with Crippen LogP contribution in [0.2, 0.25) is 10.0 Å². The van der Waals surface area contributed by atoms with E-state index in [4.69, 9.17) is 34.2 Å². The van der Waals surface area contributed by atoms with E-state index in [0.29, 0.717) is 0 Å². The van der Waals surface area contributed by atoms with Crippen LogP contribution in [0.25, 0.3) is 0 Å². The van der Waals surface area contributed by atoms with E-state index in [1.54, 1.807) is 0 Å². The van der Waals surface area contributed by atoms with Crippen LogP contribution < -0.4 is 16.2 Å². The van der Waals surface area contributed by atoms with Gasteiger partial charge in [-0.1, -0.05) is 23.2 Å². The molecule has 0 aliphatic carbocycles.